The second kappa shape index (κ2) is 18.6. The molecule has 0 radical (unpaired) electrons. The summed E-state index contributed by atoms with van der Waals surface area (Å²) in [6.07, 6.45) is 6.77. The van der Waals surface area contributed by atoms with Gasteiger partial charge in [0.05, 0.1) is 37.8 Å². The van der Waals surface area contributed by atoms with E-state index in [-0.39, 0.29) is 0 Å². The number of hydrogen-bond acceptors (Lipinski definition) is 4. The first-order valence-corrected chi connectivity index (χ1v) is 25.4. The summed E-state index contributed by atoms with van der Waals surface area (Å²) in [4.78, 5) is 4.89. The third kappa shape index (κ3) is 8.19. The molecule has 12 rings (SSSR count). The zero-order valence-corrected chi connectivity index (χ0v) is 40.4. The largest absolute Gasteiger partial charge is 0.380 e. The van der Waals surface area contributed by atoms with Crippen molar-refractivity contribution in [2.24, 2.45) is 10.8 Å². The number of benzene rings is 10. The first-order valence-electron chi connectivity index (χ1n) is 25.4. The molecule has 0 N–H and O–H groups in total. The van der Waals surface area contributed by atoms with Crippen LogP contribution in [0, 0.1) is 10.8 Å². The summed E-state index contributed by atoms with van der Waals surface area (Å²) in [5.74, 6) is 0. The molecule has 0 amide bonds. The highest BCUT2D eigenvalue weighted by Gasteiger charge is 2.37. The second-order valence-electron chi connectivity index (χ2n) is 20.1. The van der Waals surface area contributed by atoms with E-state index in [1.165, 1.54) is 89.6 Å². The second-order valence-corrected chi connectivity index (χ2v) is 20.1. The summed E-state index contributed by atoms with van der Waals surface area (Å²) in [5, 5.41) is 9.97. The van der Waals surface area contributed by atoms with Gasteiger partial charge in [-0.25, -0.2) is 0 Å². The van der Waals surface area contributed by atoms with Crippen LogP contribution < -0.4 is 9.80 Å². The van der Waals surface area contributed by atoms with Crippen LogP contribution in [0.1, 0.15) is 50.7 Å². The van der Waals surface area contributed by atoms with E-state index < -0.39 is 0 Å². The van der Waals surface area contributed by atoms with Crippen LogP contribution in [0.2, 0.25) is 0 Å². The molecule has 4 heteroatoms. The number of nitrogens with zero attached hydrogens (tertiary/aromatic N) is 2. The highest BCUT2D eigenvalue weighted by molar-refractivity contribution is 6.16. The lowest BCUT2D eigenvalue weighted by molar-refractivity contribution is -0.119. The number of hydrogen-bond donors (Lipinski definition) is 0. The van der Waals surface area contributed by atoms with Gasteiger partial charge in [-0.15, -0.1) is 0 Å². The highest BCUT2D eigenvalue weighted by Crippen LogP contribution is 2.46. The number of anilines is 6. The average Bonchev–Trinajstić information content (AvgIpc) is 3.40. The van der Waals surface area contributed by atoms with Crippen molar-refractivity contribution < 1.29 is 9.47 Å². The lowest BCUT2D eigenvalue weighted by Crippen LogP contribution is -2.42. The van der Waals surface area contributed by atoms with E-state index in [0.717, 1.165) is 74.9 Å². The van der Waals surface area contributed by atoms with Crippen LogP contribution in [0.5, 0.6) is 0 Å². The van der Waals surface area contributed by atoms with E-state index in [2.05, 4.69) is 230 Å². The van der Waals surface area contributed by atoms with Crippen LogP contribution in [0.25, 0.3) is 54.2 Å². The Hall–Kier alpha value is -7.24. The quantitative estimate of drug-likeness (QED) is 0.0957. The van der Waals surface area contributed by atoms with Crippen molar-refractivity contribution in [2.45, 2.75) is 52.4 Å². The van der Waals surface area contributed by atoms with Crippen molar-refractivity contribution in [3.63, 3.8) is 0 Å². The maximum Gasteiger partial charge on any atom is 0.0546 e. The standard InChI is InChI=1S/C66H60N2O2/c1-3-65(43-69-44-65)39-37-47-21-29-53(30-22-47)67(63-41-51-13-5-7-15-57(51)59-17-9-11-19-61(59)63)55-33-25-49(26-34-55)50-27-35-56(36-28-50)68(54-31-23-48(24-32-54)38-40-66(4-2)45-70-46-66)64-42-52-14-6-8-16-58(52)60-18-10-12-20-62(60)64/h5-36,41-42H,3-4,37-40,43-46H2,1-2H3. The van der Waals surface area contributed by atoms with Crippen LogP contribution >= 0.6 is 0 Å². The zero-order valence-electron chi connectivity index (χ0n) is 40.4. The van der Waals surface area contributed by atoms with Crippen LogP contribution in [0.3, 0.4) is 0 Å². The van der Waals surface area contributed by atoms with Crippen LogP contribution in [0.4, 0.5) is 34.1 Å². The van der Waals surface area contributed by atoms with Gasteiger partial charge >= 0.3 is 0 Å². The lowest BCUT2D eigenvalue weighted by atomic mass is 9.78. The molecule has 10 aromatic rings. The smallest absolute Gasteiger partial charge is 0.0546 e. The van der Waals surface area contributed by atoms with Gasteiger partial charge in [-0.2, -0.15) is 0 Å². The van der Waals surface area contributed by atoms with E-state index in [4.69, 9.17) is 9.47 Å². The van der Waals surface area contributed by atoms with Gasteiger partial charge in [-0.3, -0.25) is 0 Å². The summed E-state index contributed by atoms with van der Waals surface area (Å²) < 4.78 is 11.3. The molecule has 0 saturated carbocycles. The Labute approximate surface area is 412 Å². The maximum atomic E-state index is 5.65. The predicted octanol–water partition coefficient (Wildman–Crippen LogP) is 17.6. The molecule has 0 aliphatic carbocycles. The van der Waals surface area contributed by atoms with Crippen molar-refractivity contribution in [3.05, 3.63) is 217 Å². The molecule has 70 heavy (non-hydrogen) atoms. The van der Waals surface area contributed by atoms with Gasteiger partial charge in [0.1, 0.15) is 0 Å². The van der Waals surface area contributed by atoms with Gasteiger partial charge in [0, 0.05) is 44.4 Å². The van der Waals surface area contributed by atoms with Gasteiger partial charge in [0.25, 0.3) is 0 Å². The molecular formula is C66H60N2O2. The van der Waals surface area contributed by atoms with Crippen molar-refractivity contribution in [1.29, 1.82) is 0 Å². The minimum absolute atomic E-state index is 0.332. The van der Waals surface area contributed by atoms with Crippen molar-refractivity contribution >= 4 is 77.2 Å². The zero-order chi connectivity index (χ0) is 47.1. The van der Waals surface area contributed by atoms with Gasteiger partial charge in [-0.1, -0.05) is 159 Å². The molecule has 0 unspecified atom stereocenters. The van der Waals surface area contributed by atoms with E-state index >= 15 is 0 Å². The fourth-order valence-electron chi connectivity index (χ4n) is 11.2. The molecule has 346 valence electrons. The fourth-order valence-corrected chi connectivity index (χ4v) is 11.2. The average molecular weight is 913 g/mol. The first kappa shape index (κ1) is 44.0. The molecule has 2 saturated heterocycles. The molecule has 10 aromatic carbocycles. The van der Waals surface area contributed by atoms with Crippen molar-refractivity contribution in [2.75, 3.05) is 36.2 Å². The molecular weight excluding hydrogens is 853 g/mol. The normalized spacial score (nSPS) is 14.9. The summed E-state index contributed by atoms with van der Waals surface area (Å²) in [7, 11) is 0. The first-order chi connectivity index (χ1) is 34.5. The number of rotatable bonds is 15. The third-order valence-electron chi connectivity index (χ3n) is 16.0. The molecule has 2 aliphatic rings. The minimum Gasteiger partial charge on any atom is -0.380 e. The molecule has 0 atom stereocenters. The van der Waals surface area contributed by atoms with Crippen LogP contribution in [-0.2, 0) is 22.3 Å². The summed E-state index contributed by atoms with van der Waals surface area (Å²) in [5.41, 5.74) is 12.6. The Morgan fingerprint density at radius 2 is 0.671 bits per heavy atom. The molecule has 0 bridgehead atoms. The summed E-state index contributed by atoms with van der Waals surface area (Å²) in [6, 6.07) is 76.8. The monoisotopic (exact) mass is 912 g/mol. The molecule has 0 aromatic heterocycles. The predicted molar refractivity (Wildman–Crippen MR) is 295 cm³/mol. The number of fused-ring (bicyclic) bond motifs is 6. The molecule has 0 spiro atoms. The Kier molecular flexibility index (Phi) is 11.7. The minimum atomic E-state index is 0.332. The topological polar surface area (TPSA) is 24.9 Å². The van der Waals surface area contributed by atoms with Gasteiger partial charge in [0.15, 0.2) is 0 Å². The Bertz CT molecular complexity index is 3220. The van der Waals surface area contributed by atoms with E-state index in [9.17, 15) is 0 Å². The fraction of sp³-hybridized carbons (Fsp3) is 0.212. The number of aryl methyl sites for hydroxylation is 2. The van der Waals surface area contributed by atoms with Crippen LogP contribution in [-0.4, -0.2) is 26.4 Å². The summed E-state index contributed by atoms with van der Waals surface area (Å²) in [6.45, 7) is 8.15. The van der Waals surface area contributed by atoms with Crippen molar-refractivity contribution in [3.8, 4) is 11.1 Å². The van der Waals surface area contributed by atoms with Gasteiger partial charge in [0.2, 0.25) is 0 Å². The Balaban J connectivity index is 0.896. The van der Waals surface area contributed by atoms with E-state index in [1.54, 1.807) is 0 Å². The SMILES string of the molecule is CCC1(CCc2ccc(N(c3ccc(-c4ccc(N(c5ccc(CCC6(CC)COC6)cc5)c5cc6ccccc6c6ccccc56)cc4)cc3)c3cc4ccccc4c4ccccc34)cc2)COC1. The lowest BCUT2D eigenvalue weighted by Gasteiger charge is -2.41. The molecule has 2 fully saturated rings. The summed E-state index contributed by atoms with van der Waals surface area (Å²) >= 11 is 0. The third-order valence-corrected chi connectivity index (χ3v) is 16.0. The van der Waals surface area contributed by atoms with E-state index in [1.807, 2.05) is 0 Å². The Morgan fingerprint density at radius 3 is 1.00 bits per heavy atom. The maximum absolute atomic E-state index is 5.65. The van der Waals surface area contributed by atoms with E-state index in [0.29, 0.717) is 10.8 Å². The Morgan fingerprint density at radius 1 is 0.357 bits per heavy atom. The van der Waals surface area contributed by atoms with Crippen molar-refractivity contribution in [1.82, 2.24) is 0 Å². The highest BCUT2D eigenvalue weighted by atomic mass is 16.5. The van der Waals surface area contributed by atoms with Gasteiger partial charge in [-0.05, 0) is 154 Å². The molecule has 2 heterocycles. The number of ether oxygens (including phenoxy) is 2. The molecule has 2 aliphatic heterocycles. The van der Waals surface area contributed by atoms with Crippen LogP contribution in [0.15, 0.2) is 206 Å². The molecule has 4 nitrogen and oxygen atoms in total. The van der Waals surface area contributed by atoms with Gasteiger partial charge < -0.3 is 19.3 Å².